The number of carbonyl (C=O) groups excluding carboxylic acids is 1. The van der Waals surface area contributed by atoms with Crippen molar-refractivity contribution in [3.63, 3.8) is 0 Å². The Bertz CT molecular complexity index is 1330. The number of carbonyl (C=O) groups is 1. The van der Waals surface area contributed by atoms with Crippen LogP contribution in [0.25, 0.3) is 11.0 Å². The molecule has 4 N–H and O–H groups in total. The number of H-pyrrole nitrogens is 1. The Kier molecular flexibility index (Phi) is 4.69. The van der Waals surface area contributed by atoms with E-state index >= 15 is 0 Å². The summed E-state index contributed by atoms with van der Waals surface area (Å²) >= 11 is 5.81. The van der Waals surface area contributed by atoms with Gasteiger partial charge in [0, 0.05) is 22.5 Å². The third-order valence-electron chi connectivity index (χ3n) is 4.24. The number of nitrogens with zero attached hydrogens (tertiary/aromatic N) is 2. The van der Waals surface area contributed by atoms with Gasteiger partial charge in [0.1, 0.15) is 17.8 Å². The lowest BCUT2D eigenvalue weighted by atomic mass is 10.0. The molecule has 0 spiro atoms. The average molecular weight is 428 g/mol. The molecular formula is C19H14ClN5O3S. The predicted octanol–water partition coefficient (Wildman–Crippen LogP) is 3.23. The topological polar surface area (TPSA) is 131 Å². The summed E-state index contributed by atoms with van der Waals surface area (Å²) in [6, 6.07) is 11.9. The molecule has 10 heteroatoms. The number of nitrogens with one attached hydrogen (secondary N) is 2. The third-order valence-corrected chi connectivity index (χ3v) is 5.89. The molecule has 0 fully saturated rings. The largest absolute Gasteiger partial charge is 0.383 e. The first kappa shape index (κ1) is 18.9. The Hall–Kier alpha value is -3.43. The second-order valence-electron chi connectivity index (χ2n) is 6.15. The van der Waals surface area contributed by atoms with Crippen LogP contribution in [0.4, 0.5) is 11.5 Å². The highest BCUT2D eigenvalue weighted by Gasteiger charge is 2.19. The van der Waals surface area contributed by atoms with E-state index in [0.29, 0.717) is 21.6 Å². The van der Waals surface area contributed by atoms with E-state index in [1.165, 1.54) is 42.9 Å². The zero-order valence-electron chi connectivity index (χ0n) is 14.8. The van der Waals surface area contributed by atoms with Crippen molar-refractivity contribution in [2.45, 2.75) is 4.90 Å². The fraction of sp³-hybridized carbons (Fsp3) is 0. The number of nitrogens with two attached hydrogens (primary N) is 1. The van der Waals surface area contributed by atoms with E-state index in [2.05, 4.69) is 19.7 Å². The maximum Gasteiger partial charge on any atom is 0.261 e. The van der Waals surface area contributed by atoms with Gasteiger partial charge in [-0.15, -0.1) is 0 Å². The van der Waals surface area contributed by atoms with Crippen LogP contribution >= 0.6 is 11.6 Å². The highest BCUT2D eigenvalue weighted by Crippen LogP contribution is 2.25. The number of anilines is 2. The SMILES string of the molecule is Nc1ncnc2[nH]cc(C(=O)c3cccc(NS(=O)(=O)c4ccc(Cl)cc4)c3)c12. The van der Waals surface area contributed by atoms with E-state index in [0.717, 1.165) is 0 Å². The van der Waals surface area contributed by atoms with Crippen LogP contribution in [0.1, 0.15) is 15.9 Å². The van der Waals surface area contributed by atoms with Gasteiger partial charge in [-0.1, -0.05) is 23.7 Å². The van der Waals surface area contributed by atoms with Gasteiger partial charge in [-0.3, -0.25) is 9.52 Å². The summed E-state index contributed by atoms with van der Waals surface area (Å²) < 4.78 is 27.6. The van der Waals surface area contributed by atoms with Gasteiger partial charge in [0.15, 0.2) is 5.78 Å². The van der Waals surface area contributed by atoms with Gasteiger partial charge in [-0.25, -0.2) is 18.4 Å². The molecule has 0 unspecified atom stereocenters. The molecule has 0 aliphatic heterocycles. The molecule has 4 aromatic rings. The van der Waals surface area contributed by atoms with Crippen molar-refractivity contribution < 1.29 is 13.2 Å². The lowest BCUT2D eigenvalue weighted by Gasteiger charge is -2.09. The van der Waals surface area contributed by atoms with E-state index in [1.807, 2.05) is 0 Å². The maximum absolute atomic E-state index is 13.0. The molecule has 0 aliphatic carbocycles. The zero-order chi connectivity index (χ0) is 20.6. The fourth-order valence-corrected chi connectivity index (χ4v) is 4.05. The predicted molar refractivity (Wildman–Crippen MR) is 110 cm³/mol. The lowest BCUT2D eigenvalue weighted by molar-refractivity contribution is 0.104. The summed E-state index contributed by atoms with van der Waals surface area (Å²) in [6.07, 6.45) is 2.80. The molecule has 0 saturated heterocycles. The Morgan fingerprint density at radius 1 is 1.10 bits per heavy atom. The van der Waals surface area contributed by atoms with Crippen molar-refractivity contribution >= 4 is 49.9 Å². The van der Waals surface area contributed by atoms with Crippen molar-refractivity contribution in [1.82, 2.24) is 15.0 Å². The Balaban J connectivity index is 1.66. The number of rotatable bonds is 5. The van der Waals surface area contributed by atoms with Crippen LogP contribution in [0.2, 0.25) is 5.02 Å². The molecule has 4 rings (SSSR count). The molecule has 0 aliphatic rings. The summed E-state index contributed by atoms with van der Waals surface area (Å²) in [7, 11) is -3.83. The molecule has 2 aromatic heterocycles. The number of fused-ring (bicyclic) bond motifs is 1. The zero-order valence-corrected chi connectivity index (χ0v) is 16.3. The summed E-state index contributed by atoms with van der Waals surface area (Å²) in [6.45, 7) is 0. The highest BCUT2D eigenvalue weighted by atomic mass is 35.5. The molecular weight excluding hydrogens is 414 g/mol. The van der Waals surface area contributed by atoms with E-state index in [9.17, 15) is 13.2 Å². The highest BCUT2D eigenvalue weighted by molar-refractivity contribution is 7.92. The number of hydrogen-bond donors (Lipinski definition) is 3. The van der Waals surface area contributed by atoms with Gasteiger partial charge >= 0.3 is 0 Å². The normalized spacial score (nSPS) is 11.5. The standard InChI is InChI=1S/C19H14ClN5O3S/c20-12-4-6-14(7-5-12)29(27,28)25-13-3-1-2-11(8-13)17(26)15-9-22-19-16(15)18(21)23-10-24-19/h1-10,25H,(H3,21,22,23,24). The van der Waals surface area contributed by atoms with E-state index < -0.39 is 10.0 Å². The Morgan fingerprint density at radius 3 is 2.62 bits per heavy atom. The first-order valence-corrected chi connectivity index (χ1v) is 10.2. The van der Waals surface area contributed by atoms with E-state index in [4.69, 9.17) is 17.3 Å². The number of benzene rings is 2. The van der Waals surface area contributed by atoms with Crippen molar-refractivity contribution in [3.8, 4) is 0 Å². The van der Waals surface area contributed by atoms with Gasteiger partial charge in [0.05, 0.1) is 15.8 Å². The summed E-state index contributed by atoms with van der Waals surface area (Å²) in [4.78, 5) is 23.9. The van der Waals surface area contributed by atoms with E-state index in [1.54, 1.807) is 18.2 Å². The number of sulfonamides is 1. The first-order chi connectivity index (χ1) is 13.8. The van der Waals surface area contributed by atoms with Gasteiger partial charge in [-0.2, -0.15) is 0 Å². The maximum atomic E-state index is 13.0. The van der Waals surface area contributed by atoms with Crippen LogP contribution < -0.4 is 10.5 Å². The number of ketones is 1. The van der Waals surface area contributed by atoms with Crippen LogP contribution in [0.15, 0.2) is 66.0 Å². The second kappa shape index (κ2) is 7.19. The second-order valence-corrected chi connectivity index (χ2v) is 8.27. The molecule has 146 valence electrons. The number of halogens is 1. The smallest absolute Gasteiger partial charge is 0.261 e. The van der Waals surface area contributed by atoms with Crippen molar-refractivity contribution in [1.29, 1.82) is 0 Å². The summed E-state index contributed by atoms with van der Waals surface area (Å²) in [5.41, 5.74) is 7.16. The molecule has 8 nitrogen and oxygen atoms in total. The monoisotopic (exact) mass is 427 g/mol. The number of hydrogen-bond acceptors (Lipinski definition) is 6. The van der Waals surface area contributed by atoms with Crippen molar-refractivity contribution in [2.75, 3.05) is 10.5 Å². The molecule has 0 saturated carbocycles. The quantitative estimate of drug-likeness (QED) is 0.419. The van der Waals surface area contributed by atoms with Gasteiger partial charge in [0.2, 0.25) is 0 Å². The molecule has 0 bridgehead atoms. The minimum Gasteiger partial charge on any atom is -0.383 e. The van der Waals surface area contributed by atoms with Gasteiger partial charge in [0.25, 0.3) is 10.0 Å². The number of aromatic nitrogens is 3. The number of aromatic amines is 1. The summed E-state index contributed by atoms with van der Waals surface area (Å²) in [5, 5.41) is 0.850. The number of nitrogen functional groups attached to an aromatic ring is 1. The molecule has 0 radical (unpaired) electrons. The Morgan fingerprint density at radius 2 is 1.86 bits per heavy atom. The van der Waals surface area contributed by atoms with Crippen molar-refractivity contribution in [3.05, 3.63) is 77.2 Å². The van der Waals surface area contributed by atoms with Crippen LogP contribution in [-0.4, -0.2) is 29.2 Å². The Labute approximate surface area is 170 Å². The van der Waals surface area contributed by atoms with Crippen LogP contribution in [-0.2, 0) is 10.0 Å². The third kappa shape index (κ3) is 3.65. The fourth-order valence-electron chi connectivity index (χ4n) is 2.87. The molecule has 29 heavy (non-hydrogen) atoms. The first-order valence-electron chi connectivity index (χ1n) is 8.36. The van der Waals surface area contributed by atoms with Gasteiger partial charge < -0.3 is 10.7 Å². The van der Waals surface area contributed by atoms with E-state index in [-0.39, 0.29) is 27.7 Å². The van der Waals surface area contributed by atoms with Crippen LogP contribution in [0, 0.1) is 0 Å². The molecule has 2 aromatic carbocycles. The summed E-state index contributed by atoms with van der Waals surface area (Å²) in [5.74, 6) is -0.163. The van der Waals surface area contributed by atoms with Crippen molar-refractivity contribution in [2.24, 2.45) is 0 Å². The molecule has 0 amide bonds. The molecule has 2 heterocycles. The van der Waals surface area contributed by atoms with Gasteiger partial charge in [-0.05, 0) is 36.4 Å². The van der Waals surface area contributed by atoms with Crippen LogP contribution in [0.5, 0.6) is 0 Å². The van der Waals surface area contributed by atoms with Crippen LogP contribution in [0.3, 0.4) is 0 Å². The average Bonchev–Trinajstić information content (AvgIpc) is 3.13. The minimum absolute atomic E-state index is 0.0557. The molecule has 0 atom stereocenters. The minimum atomic E-state index is -3.83. The lowest BCUT2D eigenvalue weighted by Crippen LogP contribution is -2.13.